The van der Waals surface area contributed by atoms with Crippen LogP contribution in [-0.2, 0) is 14.3 Å². The largest absolute Gasteiger partial charge is 0.493 e. The lowest BCUT2D eigenvalue weighted by Crippen LogP contribution is -2.42. The topological polar surface area (TPSA) is 126 Å². The third-order valence-corrected chi connectivity index (χ3v) is 7.95. The standard InChI is InChI=1S/C31H31IN4O6/c1-20(21-5-3-2-4-6-21)28(29(38)33-24-11-9-23(32)10-12-24)36-30(39)27(34-31(36)40)22-7-13-25(14-8-22)42-19-26(37)35-15-17-41-18-16-35/h2-14,20,28,39H,15-19H2,1H3,(H,33,38)(H,34,40)/t20-,28-/m0/s1. The minimum absolute atomic E-state index is 0.105. The number of carbonyl (C=O) groups excluding carboxylic acids is 2. The molecule has 218 valence electrons. The predicted octanol–water partition coefficient (Wildman–Crippen LogP) is 4.37. The van der Waals surface area contributed by atoms with Gasteiger partial charge in [-0.2, -0.15) is 0 Å². The zero-order valence-electron chi connectivity index (χ0n) is 23.0. The molecular weight excluding hydrogens is 651 g/mol. The lowest BCUT2D eigenvalue weighted by Gasteiger charge is -2.26. The van der Waals surface area contributed by atoms with E-state index in [1.165, 1.54) is 0 Å². The summed E-state index contributed by atoms with van der Waals surface area (Å²) >= 11 is 2.18. The Morgan fingerprint density at radius 2 is 1.69 bits per heavy atom. The van der Waals surface area contributed by atoms with Crippen molar-refractivity contribution in [3.63, 3.8) is 0 Å². The SMILES string of the molecule is C[C@@H](c1ccccc1)[C@@H](C(=O)Nc1ccc(I)cc1)n1c(O)c(-c2ccc(OCC(=O)N3CCOCC3)cc2)[nH]c1=O. The second-order valence-corrected chi connectivity index (χ2v) is 11.2. The third kappa shape index (κ3) is 6.68. The van der Waals surface area contributed by atoms with Crippen LogP contribution in [0, 0.1) is 3.57 Å². The minimum Gasteiger partial charge on any atom is -0.493 e. The molecule has 5 rings (SSSR count). The van der Waals surface area contributed by atoms with Crippen molar-refractivity contribution in [2.45, 2.75) is 18.9 Å². The van der Waals surface area contributed by atoms with E-state index in [9.17, 15) is 19.5 Å². The molecule has 2 amide bonds. The van der Waals surface area contributed by atoms with Crippen LogP contribution in [-0.4, -0.2) is 64.3 Å². The van der Waals surface area contributed by atoms with Gasteiger partial charge in [0.2, 0.25) is 11.8 Å². The van der Waals surface area contributed by atoms with Gasteiger partial charge in [0, 0.05) is 33.8 Å². The highest BCUT2D eigenvalue weighted by atomic mass is 127. The zero-order valence-corrected chi connectivity index (χ0v) is 25.1. The van der Waals surface area contributed by atoms with Gasteiger partial charge in [-0.05, 0) is 76.7 Å². The fourth-order valence-electron chi connectivity index (χ4n) is 4.92. The van der Waals surface area contributed by atoms with E-state index >= 15 is 0 Å². The molecule has 0 saturated carbocycles. The molecule has 3 aromatic carbocycles. The van der Waals surface area contributed by atoms with Crippen molar-refractivity contribution < 1.29 is 24.2 Å². The Bertz CT molecular complexity index is 1580. The van der Waals surface area contributed by atoms with Crippen molar-refractivity contribution >= 4 is 40.1 Å². The van der Waals surface area contributed by atoms with Gasteiger partial charge >= 0.3 is 5.69 Å². The van der Waals surface area contributed by atoms with E-state index in [-0.39, 0.29) is 24.1 Å². The molecule has 4 aromatic rings. The summed E-state index contributed by atoms with van der Waals surface area (Å²) in [6.45, 7) is 3.85. The van der Waals surface area contributed by atoms with Gasteiger partial charge in [0.1, 0.15) is 17.5 Å². The second-order valence-electron chi connectivity index (χ2n) is 9.95. The lowest BCUT2D eigenvalue weighted by atomic mass is 9.92. The number of carbonyl (C=O) groups is 2. The summed E-state index contributed by atoms with van der Waals surface area (Å²) in [6.07, 6.45) is 0. The van der Waals surface area contributed by atoms with Gasteiger partial charge in [0.05, 0.1) is 13.2 Å². The maximum absolute atomic E-state index is 13.7. The van der Waals surface area contributed by atoms with Crippen molar-refractivity contribution in [2.24, 2.45) is 0 Å². The fourth-order valence-corrected chi connectivity index (χ4v) is 5.28. The van der Waals surface area contributed by atoms with Crippen molar-refractivity contribution in [3.8, 4) is 22.9 Å². The maximum Gasteiger partial charge on any atom is 0.329 e. The summed E-state index contributed by atoms with van der Waals surface area (Å²) in [5.74, 6) is -0.911. The van der Waals surface area contributed by atoms with E-state index in [0.29, 0.717) is 43.3 Å². The number of hydrogen-bond donors (Lipinski definition) is 3. The van der Waals surface area contributed by atoms with Crippen LogP contribution in [0.15, 0.2) is 83.7 Å². The van der Waals surface area contributed by atoms with E-state index in [2.05, 4.69) is 32.9 Å². The molecule has 2 atom stereocenters. The first kappa shape index (κ1) is 29.4. The Kier molecular flexibility index (Phi) is 9.28. The number of imidazole rings is 1. The van der Waals surface area contributed by atoms with E-state index < -0.39 is 23.6 Å². The van der Waals surface area contributed by atoms with Crippen LogP contribution in [0.2, 0.25) is 0 Å². The van der Waals surface area contributed by atoms with E-state index in [0.717, 1.165) is 13.7 Å². The van der Waals surface area contributed by atoms with Crippen LogP contribution < -0.4 is 15.7 Å². The quantitative estimate of drug-likeness (QED) is 0.225. The van der Waals surface area contributed by atoms with Gasteiger partial charge in [0.15, 0.2) is 6.61 Å². The molecule has 1 aromatic heterocycles. The maximum atomic E-state index is 13.7. The Morgan fingerprint density at radius 3 is 2.36 bits per heavy atom. The highest BCUT2D eigenvalue weighted by molar-refractivity contribution is 14.1. The summed E-state index contributed by atoms with van der Waals surface area (Å²) in [5, 5.41) is 14.2. The van der Waals surface area contributed by atoms with Crippen molar-refractivity contribution in [3.05, 3.63) is 98.5 Å². The van der Waals surface area contributed by atoms with Crippen LogP contribution >= 0.6 is 22.6 Å². The van der Waals surface area contributed by atoms with Crippen LogP contribution in [0.1, 0.15) is 24.4 Å². The molecule has 1 aliphatic heterocycles. The number of H-pyrrole nitrogens is 1. The highest BCUT2D eigenvalue weighted by Crippen LogP contribution is 2.35. The Hall–Kier alpha value is -4.10. The summed E-state index contributed by atoms with van der Waals surface area (Å²) in [7, 11) is 0. The number of hydrogen-bond acceptors (Lipinski definition) is 6. The summed E-state index contributed by atoms with van der Waals surface area (Å²) < 4.78 is 13.1. The Balaban J connectivity index is 1.39. The van der Waals surface area contributed by atoms with Gasteiger partial charge in [-0.1, -0.05) is 37.3 Å². The Morgan fingerprint density at radius 1 is 1.02 bits per heavy atom. The fraction of sp³-hybridized carbons (Fsp3) is 0.258. The molecule has 2 heterocycles. The first-order valence-electron chi connectivity index (χ1n) is 13.6. The number of ether oxygens (including phenoxy) is 2. The molecule has 0 spiro atoms. The number of halogens is 1. The summed E-state index contributed by atoms with van der Waals surface area (Å²) in [4.78, 5) is 43.8. The molecule has 42 heavy (non-hydrogen) atoms. The van der Waals surface area contributed by atoms with Crippen LogP contribution in [0.3, 0.4) is 0 Å². The molecule has 11 heteroatoms. The average Bonchev–Trinajstić information content (AvgIpc) is 3.31. The van der Waals surface area contributed by atoms with Crippen LogP contribution in [0.5, 0.6) is 11.6 Å². The van der Waals surface area contributed by atoms with Gasteiger partial charge in [-0.15, -0.1) is 0 Å². The molecule has 0 aliphatic carbocycles. The smallest absolute Gasteiger partial charge is 0.329 e. The molecule has 10 nitrogen and oxygen atoms in total. The number of nitrogens with zero attached hydrogens (tertiary/aromatic N) is 2. The summed E-state index contributed by atoms with van der Waals surface area (Å²) in [6, 6.07) is 22.3. The number of rotatable bonds is 9. The molecule has 0 bridgehead atoms. The van der Waals surface area contributed by atoms with Gasteiger partial charge in [0.25, 0.3) is 5.91 Å². The van der Waals surface area contributed by atoms with E-state index in [1.54, 1.807) is 41.3 Å². The lowest BCUT2D eigenvalue weighted by molar-refractivity contribution is -0.137. The summed E-state index contributed by atoms with van der Waals surface area (Å²) in [5.41, 5.74) is 1.48. The normalized spacial score (nSPS) is 14.7. The monoisotopic (exact) mass is 682 g/mol. The van der Waals surface area contributed by atoms with E-state index in [1.807, 2.05) is 49.4 Å². The van der Waals surface area contributed by atoms with Crippen molar-refractivity contribution in [1.29, 1.82) is 0 Å². The number of amides is 2. The average molecular weight is 683 g/mol. The Labute approximate surface area is 256 Å². The first-order chi connectivity index (χ1) is 20.3. The number of aromatic nitrogens is 2. The number of nitrogens with one attached hydrogen (secondary N) is 2. The first-order valence-corrected chi connectivity index (χ1v) is 14.6. The number of aromatic hydroxyl groups is 1. The second kappa shape index (κ2) is 13.3. The number of aromatic amines is 1. The van der Waals surface area contributed by atoms with E-state index in [4.69, 9.17) is 9.47 Å². The number of benzene rings is 3. The van der Waals surface area contributed by atoms with Gasteiger partial charge < -0.3 is 29.8 Å². The van der Waals surface area contributed by atoms with Crippen molar-refractivity contribution in [2.75, 3.05) is 38.2 Å². The number of anilines is 1. The molecule has 1 saturated heterocycles. The molecule has 0 unspecified atom stereocenters. The molecule has 1 aliphatic rings. The predicted molar refractivity (Wildman–Crippen MR) is 167 cm³/mol. The zero-order chi connectivity index (χ0) is 29.6. The minimum atomic E-state index is -1.06. The highest BCUT2D eigenvalue weighted by Gasteiger charge is 2.33. The molecule has 3 N–H and O–H groups in total. The number of morpholine rings is 1. The van der Waals surface area contributed by atoms with Crippen molar-refractivity contribution in [1.82, 2.24) is 14.5 Å². The molecular formula is C31H31IN4O6. The molecule has 1 fully saturated rings. The van der Waals surface area contributed by atoms with Gasteiger partial charge in [-0.25, -0.2) is 9.36 Å². The van der Waals surface area contributed by atoms with Gasteiger partial charge in [-0.3, -0.25) is 9.59 Å². The van der Waals surface area contributed by atoms with Crippen LogP contribution in [0.25, 0.3) is 11.3 Å². The molecule has 0 radical (unpaired) electrons. The third-order valence-electron chi connectivity index (χ3n) is 7.23. The van der Waals surface area contributed by atoms with Crippen LogP contribution in [0.4, 0.5) is 5.69 Å².